The van der Waals surface area contributed by atoms with Crippen LogP contribution in [0.25, 0.3) is 6.08 Å². The van der Waals surface area contributed by atoms with E-state index in [9.17, 15) is 0 Å². The Labute approximate surface area is 67.0 Å². The summed E-state index contributed by atoms with van der Waals surface area (Å²) in [5, 5.41) is 8.93. The largest absolute Gasteiger partial charge is 0.389 e. The minimum absolute atomic E-state index is 0.366. The molecule has 0 aromatic heterocycles. The van der Waals surface area contributed by atoms with E-state index >= 15 is 0 Å². The van der Waals surface area contributed by atoms with Gasteiger partial charge in [0.15, 0.2) is 0 Å². The lowest BCUT2D eigenvalue weighted by molar-refractivity contribution is 0.245. The molecule has 1 atom stereocenters. The van der Waals surface area contributed by atoms with E-state index in [4.69, 9.17) is 5.11 Å². The van der Waals surface area contributed by atoms with Crippen molar-refractivity contribution in [2.24, 2.45) is 0 Å². The highest BCUT2D eigenvalue weighted by atomic mass is 16.3. The number of benzene rings is 1. The fraction of sp³-hybridized carbons (Fsp3) is 0.200. The summed E-state index contributed by atoms with van der Waals surface area (Å²) in [6.07, 6.45) is 3.30. The Balaban J connectivity index is 2.65. The monoisotopic (exact) mass is 148 g/mol. The highest BCUT2D eigenvalue weighted by molar-refractivity contribution is 5.48. The summed E-state index contributed by atoms with van der Waals surface area (Å²) in [7, 11) is 0. The van der Waals surface area contributed by atoms with Gasteiger partial charge in [-0.25, -0.2) is 0 Å². The smallest absolute Gasteiger partial charge is 0.0696 e. The predicted octanol–water partition coefficient (Wildman–Crippen LogP) is 2.08. The molecular formula is C10H12O. The van der Waals surface area contributed by atoms with E-state index in [2.05, 4.69) is 0 Å². The molecule has 0 saturated heterocycles. The van der Waals surface area contributed by atoms with E-state index in [1.807, 2.05) is 36.4 Å². The Kier molecular flexibility index (Phi) is 2.87. The lowest BCUT2D eigenvalue weighted by Gasteiger charge is -1.93. The quantitative estimate of drug-likeness (QED) is 0.680. The van der Waals surface area contributed by atoms with Crippen LogP contribution in [0.4, 0.5) is 0 Å². The Bertz CT molecular complexity index is 224. The highest BCUT2D eigenvalue weighted by Crippen LogP contribution is 2.01. The first-order valence-electron chi connectivity index (χ1n) is 3.70. The summed E-state index contributed by atoms with van der Waals surface area (Å²) in [6, 6.07) is 9.92. The molecule has 0 aliphatic heterocycles. The van der Waals surface area contributed by atoms with Crippen LogP contribution >= 0.6 is 0 Å². The molecule has 11 heavy (non-hydrogen) atoms. The molecule has 0 heterocycles. The van der Waals surface area contributed by atoms with E-state index in [1.165, 1.54) is 0 Å². The van der Waals surface area contributed by atoms with Gasteiger partial charge in [0.05, 0.1) is 6.10 Å². The molecule has 0 radical (unpaired) electrons. The number of hydrogen-bond acceptors (Lipinski definition) is 1. The fourth-order valence-electron chi connectivity index (χ4n) is 0.815. The van der Waals surface area contributed by atoms with Gasteiger partial charge < -0.3 is 5.11 Å². The molecule has 0 spiro atoms. The zero-order chi connectivity index (χ0) is 8.10. The van der Waals surface area contributed by atoms with Gasteiger partial charge in [-0.05, 0) is 12.5 Å². The van der Waals surface area contributed by atoms with Crippen molar-refractivity contribution >= 4 is 6.08 Å². The summed E-state index contributed by atoms with van der Waals surface area (Å²) >= 11 is 0. The van der Waals surface area contributed by atoms with Gasteiger partial charge in [-0.3, -0.25) is 0 Å². The van der Waals surface area contributed by atoms with E-state index in [0.29, 0.717) is 0 Å². The molecule has 0 bridgehead atoms. The van der Waals surface area contributed by atoms with Crippen molar-refractivity contribution in [3.8, 4) is 0 Å². The topological polar surface area (TPSA) is 20.2 Å². The first-order chi connectivity index (χ1) is 5.29. The van der Waals surface area contributed by atoms with Crippen LogP contribution in [0.5, 0.6) is 0 Å². The molecule has 1 heteroatoms. The van der Waals surface area contributed by atoms with E-state index in [0.717, 1.165) is 5.56 Å². The van der Waals surface area contributed by atoms with Crippen molar-refractivity contribution in [3.05, 3.63) is 42.0 Å². The normalized spacial score (nSPS) is 13.6. The third-order valence-corrected chi connectivity index (χ3v) is 1.37. The van der Waals surface area contributed by atoms with Crippen LogP contribution in [0, 0.1) is 0 Å². The van der Waals surface area contributed by atoms with E-state index in [-0.39, 0.29) is 6.10 Å². The fourth-order valence-corrected chi connectivity index (χ4v) is 0.815. The van der Waals surface area contributed by atoms with Crippen LogP contribution in [0.15, 0.2) is 36.4 Å². The molecule has 0 aliphatic rings. The molecule has 1 rings (SSSR count). The summed E-state index contributed by atoms with van der Waals surface area (Å²) in [5.41, 5.74) is 1.12. The highest BCUT2D eigenvalue weighted by Gasteiger charge is 1.85. The molecule has 1 aromatic carbocycles. The molecular weight excluding hydrogens is 136 g/mol. The first kappa shape index (κ1) is 8.02. The molecule has 1 unspecified atom stereocenters. The van der Waals surface area contributed by atoms with Gasteiger partial charge in [0, 0.05) is 0 Å². The molecule has 1 aromatic rings. The maximum atomic E-state index is 8.93. The van der Waals surface area contributed by atoms with Gasteiger partial charge in [-0.15, -0.1) is 0 Å². The molecule has 1 nitrogen and oxygen atoms in total. The van der Waals surface area contributed by atoms with Crippen molar-refractivity contribution in [2.45, 2.75) is 13.0 Å². The minimum Gasteiger partial charge on any atom is -0.389 e. The second-order valence-electron chi connectivity index (χ2n) is 2.51. The molecule has 0 saturated carbocycles. The SMILES string of the molecule is CC(O)/C=C/c1ccccc1. The lowest BCUT2D eigenvalue weighted by Crippen LogP contribution is -1.90. The molecule has 0 aliphatic carbocycles. The van der Waals surface area contributed by atoms with Crippen molar-refractivity contribution in [1.82, 2.24) is 0 Å². The summed E-state index contributed by atoms with van der Waals surface area (Å²) in [5.74, 6) is 0. The van der Waals surface area contributed by atoms with Crippen molar-refractivity contribution in [1.29, 1.82) is 0 Å². The van der Waals surface area contributed by atoms with Gasteiger partial charge >= 0.3 is 0 Å². The Hall–Kier alpha value is -1.08. The van der Waals surface area contributed by atoms with Crippen LogP contribution in [0.3, 0.4) is 0 Å². The van der Waals surface area contributed by atoms with Crippen LogP contribution in [-0.2, 0) is 0 Å². The third-order valence-electron chi connectivity index (χ3n) is 1.37. The Morgan fingerprint density at radius 1 is 1.27 bits per heavy atom. The van der Waals surface area contributed by atoms with Crippen molar-refractivity contribution in [2.75, 3.05) is 0 Å². The number of aliphatic hydroxyl groups excluding tert-OH is 1. The molecule has 0 fully saturated rings. The third kappa shape index (κ3) is 3.01. The molecule has 1 N–H and O–H groups in total. The molecule has 0 amide bonds. The van der Waals surface area contributed by atoms with Crippen LogP contribution in [0.2, 0.25) is 0 Å². The summed E-state index contributed by atoms with van der Waals surface area (Å²) in [6.45, 7) is 1.74. The van der Waals surface area contributed by atoms with Crippen LogP contribution in [-0.4, -0.2) is 11.2 Å². The second-order valence-corrected chi connectivity index (χ2v) is 2.51. The standard InChI is InChI=1S/C10H12O/c1-9(11)7-8-10-5-3-2-4-6-10/h2-9,11H,1H3/b8-7+. The lowest BCUT2D eigenvalue weighted by atomic mass is 10.2. The average molecular weight is 148 g/mol. The van der Waals surface area contributed by atoms with Gasteiger partial charge in [0.1, 0.15) is 0 Å². The van der Waals surface area contributed by atoms with E-state index < -0.39 is 0 Å². The van der Waals surface area contributed by atoms with Gasteiger partial charge in [0.2, 0.25) is 0 Å². The number of aliphatic hydroxyl groups is 1. The predicted molar refractivity (Wildman–Crippen MR) is 47.2 cm³/mol. The van der Waals surface area contributed by atoms with E-state index in [1.54, 1.807) is 13.0 Å². The zero-order valence-electron chi connectivity index (χ0n) is 6.57. The summed E-state index contributed by atoms with van der Waals surface area (Å²) in [4.78, 5) is 0. The van der Waals surface area contributed by atoms with Crippen molar-refractivity contribution < 1.29 is 5.11 Å². The first-order valence-corrected chi connectivity index (χ1v) is 3.70. The van der Waals surface area contributed by atoms with Crippen LogP contribution in [0.1, 0.15) is 12.5 Å². The average Bonchev–Trinajstić information content (AvgIpc) is 2.03. The zero-order valence-corrected chi connectivity index (χ0v) is 6.57. The van der Waals surface area contributed by atoms with Gasteiger partial charge in [0.25, 0.3) is 0 Å². The second kappa shape index (κ2) is 3.94. The minimum atomic E-state index is -0.366. The van der Waals surface area contributed by atoms with Gasteiger partial charge in [-0.1, -0.05) is 42.5 Å². The number of hydrogen-bond donors (Lipinski definition) is 1. The van der Waals surface area contributed by atoms with Crippen molar-refractivity contribution in [3.63, 3.8) is 0 Å². The van der Waals surface area contributed by atoms with Gasteiger partial charge in [-0.2, -0.15) is 0 Å². The maximum absolute atomic E-state index is 8.93. The van der Waals surface area contributed by atoms with Crippen LogP contribution < -0.4 is 0 Å². The Morgan fingerprint density at radius 3 is 2.45 bits per heavy atom. The summed E-state index contributed by atoms with van der Waals surface area (Å²) < 4.78 is 0. The Morgan fingerprint density at radius 2 is 1.91 bits per heavy atom. The molecule has 58 valence electrons. The number of rotatable bonds is 2. The maximum Gasteiger partial charge on any atom is 0.0696 e.